The van der Waals surface area contributed by atoms with Crippen molar-refractivity contribution in [2.75, 3.05) is 0 Å². The molecule has 14 heteroatoms. The molecule has 23 heavy (non-hydrogen) atoms. The number of halogens is 6. The third-order valence-corrected chi connectivity index (χ3v) is 4.92. The fourth-order valence-electron chi connectivity index (χ4n) is 1.38. The third kappa shape index (κ3) is 5.76. The summed E-state index contributed by atoms with van der Waals surface area (Å²) >= 11 is 0. The van der Waals surface area contributed by atoms with Crippen LogP contribution in [-0.4, -0.2) is 40.1 Å². The maximum atomic E-state index is 12.3. The molecule has 6 nitrogen and oxygen atoms in total. The Hall–Kier alpha value is -0.600. The summed E-state index contributed by atoms with van der Waals surface area (Å²) in [6, 6.07) is 0. The molecule has 0 rings (SSSR count). The van der Waals surface area contributed by atoms with Crippen LogP contribution in [0.5, 0.6) is 0 Å². The number of hydrogen-bond donors (Lipinski definition) is 0. The average Bonchev–Trinajstić information content (AvgIpc) is 2.31. The molecule has 0 aliphatic carbocycles. The standard InChI is InChI=1S/C9H14F6O6S2/c1-4-5(2)7(21-23(18,19)9(13,14)15)6(3)20-22(16,17)8(10,11)12/h5-7H,4H2,1-3H3. The minimum atomic E-state index is -6.14. The van der Waals surface area contributed by atoms with E-state index in [1.165, 1.54) is 6.92 Å². The molecule has 0 amide bonds. The quantitative estimate of drug-likeness (QED) is 0.373. The maximum Gasteiger partial charge on any atom is 0.523 e. The van der Waals surface area contributed by atoms with Gasteiger partial charge in [0.1, 0.15) is 12.2 Å². The van der Waals surface area contributed by atoms with Crippen LogP contribution in [0.1, 0.15) is 27.2 Å². The lowest BCUT2D eigenvalue weighted by atomic mass is 9.98. The summed E-state index contributed by atoms with van der Waals surface area (Å²) in [5, 5.41) is 0. The van der Waals surface area contributed by atoms with Gasteiger partial charge < -0.3 is 0 Å². The molecule has 0 saturated heterocycles. The smallest absolute Gasteiger partial charge is 0.257 e. The van der Waals surface area contributed by atoms with Crippen LogP contribution in [0.4, 0.5) is 26.3 Å². The number of rotatable bonds is 7. The van der Waals surface area contributed by atoms with Gasteiger partial charge in [-0.3, -0.25) is 8.37 Å². The SMILES string of the molecule is CCC(C)C(OS(=O)(=O)C(F)(F)F)C(C)OS(=O)(=O)C(F)(F)F. The fraction of sp³-hybridized carbons (Fsp3) is 1.00. The highest BCUT2D eigenvalue weighted by molar-refractivity contribution is 7.88. The van der Waals surface area contributed by atoms with E-state index in [0.717, 1.165) is 6.92 Å². The van der Waals surface area contributed by atoms with Crippen LogP contribution in [0.2, 0.25) is 0 Å². The largest absolute Gasteiger partial charge is 0.523 e. The minimum Gasteiger partial charge on any atom is -0.257 e. The molecule has 0 aromatic rings. The first-order valence-electron chi connectivity index (χ1n) is 5.95. The van der Waals surface area contributed by atoms with Crippen LogP contribution in [0.15, 0.2) is 0 Å². The molecule has 0 bridgehead atoms. The minimum absolute atomic E-state index is 0.0161. The Morgan fingerprint density at radius 1 is 0.826 bits per heavy atom. The molecule has 0 aliphatic heterocycles. The Kier molecular flexibility index (Phi) is 6.92. The zero-order chi connectivity index (χ0) is 18.9. The summed E-state index contributed by atoms with van der Waals surface area (Å²) in [5.74, 6) is -1.05. The van der Waals surface area contributed by atoms with Gasteiger partial charge in [-0.2, -0.15) is 43.2 Å². The molecule has 0 aromatic carbocycles. The molecule has 3 atom stereocenters. The van der Waals surface area contributed by atoms with Crippen LogP contribution in [-0.2, 0) is 28.6 Å². The molecular formula is C9H14F6O6S2. The monoisotopic (exact) mass is 396 g/mol. The van der Waals surface area contributed by atoms with Gasteiger partial charge in [0, 0.05) is 0 Å². The van der Waals surface area contributed by atoms with Crippen LogP contribution in [0.3, 0.4) is 0 Å². The molecule has 0 N–H and O–H groups in total. The molecule has 0 fully saturated rings. The average molecular weight is 396 g/mol. The summed E-state index contributed by atoms with van der Waals surface area (Å²) < 4.78 is 125. The lowest BCUT2D eigenvalue weighted by Gasteiger charge is -2.28. The predicted octanol–water partition coefficient (Wildman–Crippen LogP) is 2.52. The van der Waals surface area contributed by atoms with Gasteiger partial charge in [-0.25, -0.2) is 0 Å². The molecule has 0 radical (unpaired) electrons. The normalized spacial score (nSPS) is 18.5. The van der Waals surface area contributed by atoms with Gasteiger partial charge in [-0.1, -0.05) is 20.3 Å². The van der Waals surface area contributed by atoms with Crippen molar-refractivity contribution in [2.45, 2.75) is 50.4 Å². The first-order chi connectivity index (χ1) is 9.96. The Morgan fingerprint density at radius 2 is 1.17 bits per heavy atom. The van der Waals surface area contributed by atoms with Crippen LogP contribution >= 0.6 is 0 Å². The van der Waals surface area contributed by atoms with Gasteiger partial charge >= 0.3 is 31.3 Å². The van der Waals surface area contributed by atoms with Gasteiger partial charge in [-0.05, 0) is 12.8 Å². The van der Waals surface area contributed by atoms with Gasteiger partial charge in [-0.15, -0.1) is 0 Å². The van der Waals surface area contributed by atoms with E-state index in [9.17, 15) is 43.2 Å². The molecule has 3 unspecified atom stereocenters. The van der Waals surface area contributed by atoms with E-state index in [-0.39, 0.29) is 6.42 Å². The zero-order valence-electron chi connectivity index (χ0n) is 12.0. The second kappa shape index (κ2) is 7.11. The second-order valence-corrected chi connectivity index (χ2v) is 7.67. The van der Waals surface area contributed by atoms with Crippen molar-refractivity contribution >= 4 is 20.2 Å². The predicted molar refractivity (Wildman–Crippen MR) is 64.8 cm³/mol. The summed E-state index contributed by atoms with van der Waals surface area (Å²) in [4.78, 5) is 0. The molecular weight excluding hydrogens is 382 g/mol. The second-order valence-electron chi connectivity index (χ2n) is 4.55. The van der Waals surface area contributed by atoms with Crippen molar-refractivity contribution in [3.05, 3.63) is 0 Å². The summed E-state index contributed by atoms with van der Waals surface area (Å²) in [6.07, 6.45) is -4.24. The van der Waals surface area contributed by atoms with Crippen LogP contribution in [0, 0.1) is 5.92 Å². The van der Waals surface area contributed by atoms with Crippen LogP contribution < -0.4 is 0 Å². The van der Waals surface area contributed by atoms with Crippen molar-refractivity contribution in [3.8, 4) is 0 Å². The molecule has 0 heterocycles. The van der Waals surface area contributed by atoms with Gasteiger partial charge in [0.15, 0.2) is 0 Å². The zero-order valence-corrected chi connectivity index (χ0v) is 13.6. The van der Waals surface area contributed by atoms with E-state index in [1.54, 1.807) is 0 Å². The van der Waals surface area contributed by atoms with E-state index in [2.05, 4.69) is 8.37 Å². The molecule has 0 saturated carbocycles. The molecule has 0 aromatic heterocycles. The van der Waals surface area contributed by atoms with E-state index in [0.29, 0.717) is 6.92 Å². The van der Waals surface area contributed by atoms with E-state index < -0.39 is 49.4 Å². The first kappa shape index (κ1) is 22.4. The highest BCUT2D eigenvalue weighted by Crippen LogP contribution is 2.32. The maximum absolute atomic E-state index is 12.3. The van der Waals surface area contributed by atoms with Gasteiger partial charge in [0.05, 0.1) is 0 Å². The molecule has 0 aliphatic rings. The third-order valence-electron chi connectivity index (χ3n) is 2.75. The van der Waals surface area contributed by atoms with Crippen molar-refractivity contribution < 1.29 is 51.5 Å². The van der Waals surface area contributed by atoms with E-state index in [4.69, 9.17) is 0 Å². The first-order valence-corrected chi connectivity index (χ1v) is 8.77. The van der Waals surface area contributed by atoms with Crippen LogP contribution in [0.25, 0.3) is 0 Å². The lowest BCUT2D eigenvalue weighted by molar-refractivity contribution is -0.0737. The Morgan fingerprint density at radius 3 is 1.48 bits per heavy atom. The molecule has 140 valence electrons. The Balaban J connectivity index is 5.53. The number of alkyl halides is 6. The Bertz CT molecular complexity index is 593. The summed E-state index contributed by atoms with van der Waals surface area (Å²) in [6.45, 7) is 3.20. The van der Waals surface area contributed by atoms with Gasteiger partial charge in [0.2, 0.25) is 0 Å². The van der Waals surface area contributed by atoms with Crippen molar-refractivity contribution in [1.29, 1.82) is 0 Å². The van der Waals surface area contributed by atoms with E-state index >= 15 is 0 Å². The number of hydrogen-bond acceptors (Lipinski definition) is 6. The lowest BCUT2D eigenvalue weighted by Crippen LogP contribution is -2.42. The Labute approximate surface area is 129 Å². The highest BCUT2D eigenvalue weighted by atomic mass is 32.2. The van der Waals surface area contributed by atoms with Gasteiger partial charge in [0.25, 0.3) is 0 Å². The van der Waals surface area contributed by atoms with Crippen molar-refractivity contribution in [3.63, 3.8) is 0 Å². The molecule has 0 spiro atoms. The fourth-order valence-corrected chi connectivity index (χ4v) is 2.74. The highest BCUT2D eigenvalue weighted by Gasteiger charge is 2.52. The summed E-state index contributed by atoms with van der Waals surface area (Å²) in [7, 11) is -12.3. The summed E-state index contributed by atoms with van der Waals surface area (Å²) in [5.41, 5.74) is -11.6. The van der Waals surface area contributed by atoms with E-state index in [1.807, 2.05) is 0 Å². The van der Waals surface area contributed by atoms with Crippen molar-refractivity contribution in [1.82, 2.24) is 0 Å². The topological polar surface area (TPSA) is 86.7 Å². The van der Waals surface area contributed by atoms with Crippen molar-refractivity contribution in [2.24, 2.45) is 5.92 Å².